The van der Waals surface area contributed by atoms with Crippen LogP contribution in [0.3, 0.4) is 0 Å². The third kappa shape index (κ3) is 23.1. The molecule has 0 heterocycles. The molecule has 1 nitrogen and oxygen atoms in total. The maximum Gasteiger partial charge on any atom is 0.0780 e. The number of aryl methyl sites for hydroxylation is 1. The van der Waals surface area contributed by atoms with Crippen molar-refractivity contribution >= 4 is 0 Å². The Kier molecular flexibility index (Phi) is 18.0. The minimum Gasteiger partial charge on any atom is -0.331 e. The lowest BCUT2D eigenvalue weighted by atomic mass is 10.0. The number of benzene rings is 1. The summed E-state index contributed by atoms with van der Waals surface area (Å²) in [4.78, 5) is 0. The lowest BCUT2D eigenvalue weighted by molar-refractivity contribution is -0.870. The van der Waals surface area contributed by atoms with Crippen molar-refractivity contribution in [3.63, 3.8) is 0 Å². The van der Waals surface area contributed by atoms with E-state index in [1.165, 1.54) is 102 Å². The zero-order valence-corrected chi connectivity index (χ0v) is 19.4. The molecule has 0 N–H and O–H groups in total. The molecule has 0 saturated carbocycles. The van der Waals surface area contributed by atoms with Crippen LogP contribution in [0.1, 0.15) is 102 Å². The first-order valence-electron chi connectivity index (χ1n) is 11.8. The third-order valence-corrected chi connectivity index (χ3v) is 5.12. The zero-order chi connectivity index (χ0) is 20.2. The van der Waals surface area contributed by atoms with E-state index in [1.807, 2.05) is 18.2 Å². The molecule has 1 rings (SSSR count). The van der Waals surface area contributed by atoms with E-state index >= 15 is 0 Å². The second-order valence-electron chi connectivity index (χ2n) is 9.26. The molecule has 158 valence electrons. The molecule has 1 aromatic rings. The predicted octanol–water partition coefficient (Wildman–Crippen LogP) is 8.17. The van der Waals surface area contributed by atoms with Gasteiger partial charge in [0.2, 0.25) is 0 Å². The Bertz CT molecular complexity index is 390. The summed E-state index contributed by atoms with van der Waals surface area (Å²) in [6.07, 6.45) is 20.4. The van der Waals surface area contributed by atoms with Crippen LogP contribution < -0.4 is 0 Å². The van der Waals surface area contributed by atoms with E-state index in [0.717, 1.165) is 4.48 Å². The minimum atomic E-state index is 1.12. The number of quaternary nitrogens is 1. The average molecular weight is 377 g/mol. The van der Waals surface area contributed by atoms with Gasteiger partial charge in [-0.25, -0.2) is 0 Å². The van der Waals surface area contributed by atoms with Crippen LogP contribution in [0.15, 0.2) is 30.3 Å². The van der Waals surface area contributed by atoms with Crippen LogP contribution in [0.4, 0.5) is 0 Å². The Morgan fingerprint density at radius 2 is 0.926 bits per heavy atom. The SMILES string of the molecule is CCCCCCCCCCCCCCCC[N+](C)(C)C.Cc1ccccc1. The topological polar surface area (TPSA) is 0 Å². The normalized spacial score (nSPS) is 11.1. The molecule has 0 aromatic heterocycles. The third-order valence-electron chi connectivity index (χ3n) is 5.12. The van der Waals surface area contributed by atoms with Crippen LogP contribution in [-0.2, 0) is 0 Å². The van der Waals surface area contributed by atoms with Crippen molar-refractivity contribution in [2.75, 3.05) is 27.7 Å². The standard InChI is InChI=1S/C19H42N.C7H8/c1-5-6-7-8-9-10-11-12-13-14-15-16-17-18-19-20(2,3)4;1-7-5-3-2-4-6-7/h5-19H2,1-4H3;2-6H,1H3/q+1;. The van der Waals surface area contributed by atoms with E-state index in [4.69, 9.17) is 0 Å². The molecule has 0 saturated heterocycles. The van der Waals surface area contributed by atoms with E-state index in [-0.39, 0.29) is 0 Å². The van der Waals surface area contributed by atoms with Crippen LogP contribution in [0, 0.1) is 6.92 Å². The molecule has 0 radical (unpaired) electrons. The number of hydrogen-bond donors (Lipinski definition) is 0. The van der Waals surface area contributed by atoms with Gasteiger partial charge in [-0.15, -0.1) is 0 Å². The molecular formula is C26H50N+. The molecule has 0 bridgehead atoms. The molecule has 1 heteroatoms. The smallest absolute Gasteiger partial charge is 0.0780 e. The summed E-state index contributed by atoms with van der Waals surface area (Å²) < 4.78 is 1.12. The highest BCUT2D eigenvalue weighted by atomic mass is 15.3. The van der Waals surface area contributed by atoms with Crippen LogP contribution in [-0.4, -0.2) is 32.2 Å². The molecule has 0 fully saturated rings. The summed E-state index contributed by atoms with van der Waals surface area (Å²) in [5.41, 5.74) is 1.32. The van der Waals surface area contributed by atoms with Crippen molar-refractivity contribution < 1.29 is 4.48 Å². The highest BCUT2D eigenvalue weighted by molar-refractivity contribution is 5.11. The highest BCUT2D eigenvalue weighted by Gasteiger charge is 2.04. The van der Waals surface area contributed by atoms with Crippen LogP contribution in [0.25, 0.3) is 0 Å². The van der Waals surface area contributed by atoms with Crippen molar-refractivity contribution in [1.82, 2.24) is 0 Å². The molecule has 27 heavy (non-hydrogen) atoms. The number of unbranched alkanes of at least 4 members (excludes halogenated alkanes) is 13. The largest absolute Gasteiger partial charge is 0.331 e. The summed E-state index contributed by atoms with van der Waals surface area (Å²) in [7, 11) is 6.88. The number of hydrogen-bond acceptors (Lipinski definition) is 0. The van der Waals surface area contributed by atoms with Gasteiger partial charge in [-0.3, -0.25) is 0 Å². The van der Waals surface area contributed by atoms with Gasteiger partial charge in [-0.05, 0) is 19.8 Å². The van der Waals surface area contributed by atoms with Crippen molar-refractivity contribution in [2.45, 2.75) is 104 Å². The van der Waals surface area contributed by atoms with Crippen LogP contribution >= 0.6 is 0 Å². The molecule has 1 aromatic carbocycles. The van der Waals surface area contributed by atoms with E-state index in [2.05, 4.69) is 47.1 Å². The summed E-state index contributed by atoms with van der Waals surface area (Å²) in [5.74, 6) is 0. The Balaban J connectivity index is 0.000000797. The first-order valence-corrected chi connectivity index (χ1v) is 11.8. The fourth-order valence-electron chi connectivity index (χ4n) is 3.32. The fourth-order valence-corrected chi connectivity index (χ4v) is 3.32. The molecule has 0 spiro atoms. The maximum atomic E-state index is 2.29. The summed E-state index contributed by atoms with van der Waals surface area (Å²) >= 11 is 0. The number of rotatable bonds is 15. The first kappa shape index (κ1) is 26.2. The van der Waals surface area contributed by atoms with Gasteiger partial charge in [0.1, 0.15) is 0 Å². The Morgan fingerprint density at radius 3 is 1.22 bits per heavy atom. The van der Waals surface area contributed by atoms with Crippen molar-refractivity contribution in [2.24, 2.45) is 0 Å². The Labute approximate surface area is 172 Å². The van der Waals surface area contributed by atoms with Gasteiger partial charge < -0.3 is 4.48 Å². The molecule has 0 amide bonds. The Morgan fingerprint density at radius 1 is 0.556 bits per heavy atom. The highest BCUT2D eigenvalue weighted by Crippen LogP contribution is 2.13. The molecule has 0 aliphatic carbocycles. The molecular weight excluding hydrogens is 326 g/mol. The average Bonchev–Trinajstić information content (AvgIpc) is 2.62. The van der Waals surface area contributed by atoms with Gasteiger partial charge in [-0.1, -0.05) is 120 Å². The van der Waals surface area contributed by atoms with Gasteiger partial charge >= 0.3 is 0 Å². The summed E-state index contributed by atoms with van der Waals surface area (Å²) in [6, 6.07) is 10.3. The lowest BCUT2D eigenvalue weighted by Crippen LogP contribution is -2.35. The number of nitrogens with zero attached hydrogens (tertiary/aromatic N) is 1. The second-order valence-corrected chi connectivity index (χ2v) is 9.26. The molecule has 0 aliphatic rings. The summed E-state index contributed by atoms with van der Waals surface area (Å²) in [6.45, 7) is 5.71. The maximum absolute atomic E-state index is 2.29. The van der Waals surface area contributed by atoms with Gasteiger partial charge in [-0.2, -0.15) is 0 Å². The van der Waals surface area contributed by atoms with Crippen molar-refractivity contribution in [3.8, 4) is 0 Å². The monoisotopic (exact) mass is 376 g/mol. The van der Waals surface area contributed by atoms with Gasteiger partial charge in [0.15, 0.2) is 0 Å². The van der Waals surface area contributed by atoms with E-state index in [9.17, 15) is 0 Å². The first-order chi connectivity index (χ1) is 13.0. The quantitative estimate of drug-likeness (QED) is 0.214. The van der Waals surface area contributed by atoms with Gasteiger partial charge in [0.25, 0.3) is 0 Å². The van der Waals surface area contributed by atoms with E-state index in [0.29, 0.717) is 0 Å². The molecule has 0 unspecified atom stereocenters. The lowest BCUT2D eigenvalue weighted by Gasteiger charge is -2.23. The fraction of sp³-hybridized carbons (Fsp3) is 0.769. The molecule has 0 atom stereocenters. The van der Waals surface area contributed by atoms with E-state index in [1.54, 1.807) is 0 Å². The minimum absolute atomic E-state index is 1.12. The molecule has 0 aliphatic heterocycles. The Hall–Kier alpha value is -0.820. The summed E-state index contributed by atoms with van der Waals surface area (Å²) in [5, 5.41) is 0. The van der Waals surface area contributed by atoms with E-state index < -0.39 is 0 Å². The van der Waals surface area contributed by atoms with Crippen LogP contribution in [0.2, 0.25) is 0 Å². The van der Waals surface area contributed by atoms with Gasteiger partial charge in [0, 0.05) is 0 Å². The van der Waals surface area contributed by atoms with Gasteiger partial charge in [0.05, 0.1) is 27.7 Å². The second kappa shape index (κ2) is 18.5. The predicted molar refractivity (Wildman–Crippen MR) is 124 cm³/mol. The zero-order valence-electron chi connectivity index (χ0n) is 19.4. The van der Waals surface area contributed by atoms with Crippen molar-refractivity contribution in [1.29, 1.82) is 0 Å². The van der Waals surface area contributed by atoms with Crippen LogP contribution in [0.5, 0.6) is 0 Å². The van der Waals surface area contributed by atoms with Crippen molar-refractivity contribution in [3.05, 3.63) is 35.9 Å².